The molecule has 1 aliphatic heterocycles. The Labute approximate surface area is 220 Å². The summed E-state index contributed by atoms with van der Waals surface area (Å²) >= 11 is 12.8. The zero-order valence-electron chi connectivity index (χ0n) is 19.6. The maximum absolute atomic E-state index is 14.0. The van der Waals surface area contributed by atoms with Gasteiger partial charge in [-0.1, -0.05) is 83.9 Å². The van der Waals surface area contributed by atoms with E-state index in [0.717, 1.165) is 16.9 Å². The van der Waals surface area contributed by atoms with Crippen LogP contribution in [0.25, 0.3) is 0 Å². The van der Waals surface area contributed by atoms with Gasteiger partial charge in [0.05, 0.1) is 27.2 Å². The van der Waals surface area contributed by atoms with Gasteiger partial charge in [-0.15, -0.1) is 0 Å². The molecule has 0 spiro atoms. The molecule has 1 heterocycles. The Kier molecular flexibility index (Phi) is 6.82. The maximum atomic E-state index is 14.0. The summed E-state index contributed by atoms with van der Waals surface area (Å²) in [7, 11) is 0. The lowest BCUT2D eigenvalue weighted by atomic mass is 9.89. The number of nitrogens with zero attached hydrogens (tertiary/aromatic N) is 2. The molecule has 0 unspecified atom stereocenters. The quantitative estimate of drug-likeness (QED) is 0.278. The minimum atomic E-state index is -0.308. The Bertz CT molecular complexity index is 1420. The van der Waals surface area contributed by atoms with Crippen LogP contribution in [0.1, 0.15) is 45.7 Å². The minimum absolute atomic E-state index is 0.164. The second-order valence-electron chi connectivity index (χ2n) is 8.80. The molecule has 2 amide bonds. The summed E-state index contributed by atoms with van der Waals surface area (Å²) in [5.41, 5.74) is 3.30. The van der Waals surface area contributed by atoms with Crippen LogP contribution in [0.3, 0.4) is 0 Å². The molecular weight excluding hydrogens is 491 g/mol. The van der Waals surface area contributed by atoms with Crippen molar-refractivity contribution in [3.05, 3.63) is 130 Å². The Balaban J connectivity index is 1.63. The third kappa shape index (κ3) is 4.39. The standard InChI is InChI=1S/C30H24Cl2N2O2/c1-20-19-28(34(21-11-3-2-4-12-21)30(36)23-14-6-9-17-26(23)32)24-15-7-10-18-27(24)33(20)29(35)22-13-5-8-16-25(22)31/h2-18,20,28H,19H2,1H3/t20-,28-/m0/s1. The van der Waals surface area contributed by atoms with Crippen molar-refractivity contribution in [2.45, 2.75) is 25.4 Å². The van der Waals surface area contributed by atoms with Crippen LogP contribution in [-0.4, -0.2) is 17.9 Å². The summed E-state index contributed by atoms with van der Waals surface area (Å²) in [5, 5.41) is 0.810. The molecular formula is C30H24Cl2N2O2. The van der Waals surface area contributed by atoms with Gasteiger partial charge in [0.15, 0.2) is 0 Å². The molecule has 0 radical (unpaired) electrons. The van der Waals surface area contributed by atoms with E-state index in [0.29, 0.717) is 27.6 Å². The Morgan fingerprint density at radius 1 is 0.750 bits per heavy atom. The number of fused-ring (bicyclic) bond motifs is 1. The number of rotatable bonds is 4. The van der Waals surface area contributed by atoms with Crippen molar-refractivity contribution in [1.82, 2.24) is 0 Å². The van der Waals surface area contributed by atoms with Gasteiger partial charge >= 0.3 is 0 Å². The molecule has 4 aromatic rings. The molecule has 6 heteroatoms. The molecule has 0 saturated heterocycles. The molecule has 0 bridgehead atoms. The van der Waals surface area contributed by atoms with E-state index in [1.807, 2.05) is 79.7 Å². The fraction of sp³-hybridized carbons (Fsp3) is 0.133. The van der Waals surface area contributed by atoms with E-state index in [4.69, 9.17) is 23.2 Å². The lowest BCUT2D eigenvalue weighted by molar-refractivity contribution is 0.0966. The number of hydrogen-bond donors (Lipinski definition) is 0. The largest absolute Gasteiger partial charge is 0.305 e. The van der Waals surface area contributed by atoms with Gasteiger partial charge in [0.25, 0.3) is 11.8 Å². The number of carbonyl (C=O) groups is 2. The molecule has 5 rings (SSSR count). The van der Waals surface area contributed by atoms with Gasteiger partial charge in [-0.25, -0.2) is 0 Å². The molecule has 1 aliphatic rings. The summed E-state index contributed by atoms with van der Waals surface area (Å²) < 4.78 is 0. The van der Waals surface area contributed by atoms with E-state index in [9.17, 15) is 9.59 Å². The number of benzene rings is 4. The maximum Gasteiger partial charge on any atom is 0.260 e. The molecule has 0 saturated carbocycles. The van der Waals surface area contributed by atoms with E-state index < -0.39 is 0 Å². The van der Waals surface area contributed by atoms with E-state index in [2.05, 4.69) is 0 Å². The molecule has 2 atom stereocenters. The van der Waals surface area contributed by atoms with Crippen molar-refractivity contribution < 1.29 is 9.59 Å². The van der Waals surface area contributed by atoms with Crippen molar-refractivity contribution in [3.63, 3.8) is 0 Å². The molecule has 36 heavy (non-hydrogen) atoms. The number of anilines is 2. The van der Waals surface area contributed by atoms with E-state index in [1.54, 1.807) is 40.1 Å². The lowest BCUT2D eigenvalue weighted by Crippen LogP contribution is -2.48. The summed E-state index contributed by atoms with van der Waals surface area (Å²) in [6.07, 6.45) is 0.540. The predicted octanol–water partition coefficient (Wildman–Crippen LogP) is 7.82. The van der Waals surface area contributed by atoms with E-state index in [1.165, 1.54) is 0 Å². The van der Waals surface area contributed by atoms with Gasteiger partial charge in [0.2, 0.25) is 0 Å². The van der Waals surface area contributed by atoms with Gasteiger partial charge in [-0.05, 0) is 61.4 Å². The number of amides is 2. The zero-order chi connectivity index (χ0) is 25.2. The highest BCUT2D eigenvalue weighted by Gasteiger charge is 2.39. The monoisotopic (exact) mass is 514 g/mol. The average molecular weight is 515 g/mol. The molecule has 4 nitrogen and oxygen atoms in total. The topological polar surface area (TPSA) is 40.6 Å². The molecule has 0 aliphatic carbocycles. The first kappa shape index (κ1) is 24.1. The van der Waals surface area contributed by atoms with E-state index in [-0.39, 0.29) is 23.9 Å². The molecule has 4 aromatic carbocycles. The first-order valence-corrected chi connectivity index (χ1v) is 12.5. The van der Waals surface area contributed by atoms with Crippen molar-refractivity contribution in [1.29, 1.82) is 0 Å². The van der Waals surface area contributed by atoms with Crippen LogP contribution in [-0.2, 0) is 0 Å². The second kappa shape index (κ2) is 10.2. The van der Waals surface area contributed by atoms with Crippen LogP contribution in [0.4, 0.5) is 11.4 Å². The van der Waals surface area contributed by atoms with Crippen LogP contribution >= 0.6 is 23.2 Å². The smallest absolute Gasteiger partial charge is 0.260 e. The van der Waals surface area contributed by atoms with Gasteiger partial charge in [-0.2, -0.15) is 0 Å². The van der Waals surface area contributed by atoms with Crippen LogP contribution in [0, 0.1) is 0 Å². The first-order chi connectivity index (χ1) is 17.5. The fourth-order valence-electron chi connectivity index (χ4n) is 4.89. The highest BCUT2D eigenvalue weighted by atomic mass is 35.5. The van der Waals surface area contributed by atoms with Crippen LogP contribution < -0.4 is 9.80 Å². The molecule has 180 valence electrons. The highest BCUT2D eigenvalue weighted by Crippen LogP contribution is 2.43. The summed E-state index contributed by atoms with van der Waals surface area (Å²) in [5.74, 6) is -0.354. The van der Waals surface area contributed by atoms with Gasteiger partial charge in [0.1, 0.15) is 0 Å². The Morgan fingerprint density at radius 2 is 1.31 bits per heavy atom. The summed E-state index contributed by atoms with van der Waals surface area (Å²) in [4.78, 5) is 31.3. The van der Waals surface area contributed by atoms with E-state index >= 15 is 0 Å². The Hall–Kier alpha value is -3.60. The average Bonchev–Trinajstić information content (AvgIpc) is 2.89. The number of hydrogen-bond acceptors (Lipinski definition) is 2. The van der Waals surface area contributed by atoms with Crippen molar-refractivity contribution in [2.75, 3.05) is 9.80 Å². The third-order valence-electron chi connectivity index (χ3n) is 6.55. The van der Waals surface area contributed by atoms with Crippen molar-refractivity contribution in [3.8, 4) is 0 Å². The van der Waals surface area contributed by atoms with Crippen LogP contribution in [0.5, 0.6) is 0 Å². The van der Waals surface area contributed by atoms with Crippen molar-refractivity contribution >= 4 is 46.4 Å². The van der Waals surface area contributed by atoms with Crippen LogP contribution in [0.2, 0.25) is 10.0 Å². The highest BCUT2D eigenvalue weighted by molar-refractivity contribution is 6.35. The number of halogens is 2. The zero-order valence-corrected chi connectivity index (χ0v) is 21.2. The SMILES string of the molecule is C[C@H]1C[C@H](N(C(=O)c2ccccc2Cl)c2ccccc2)c2ccccc2N1C(=O)c1ccccc1Cl. The molecule has 0 aromatic heterocycles. The van der Waals surface area contributed by atoms with Crippen molar-refractivity contribution in [2.24, 2.45) is 0 Å². The van der Waals surface area contributed by atoms with Gasteiger partial charge < -0.3 is 9.80 Å². The van der Waals surface area contributed by atoms with Crippen LogP contribution in [0.15, 0.2) is 103 Å². The third-order valence-corrected chi connectivity index (χ3v) is 7.21. The van der Waals surface area contributed by atoms with Gasteiger partial charge in [-0.3, -0.25) is 9.59 Å². The number of carbonyl (C=O) groups excluding carboxylic acids is 2. The first-order valence-electron chi connectivity index (χ1n) is 11.8. The predicted molar refractivity (Wildman–Crippen MR) is 146 cm³/mol. The summed E-state index contributed by atoms with van der Waals surface area (Å²) in [6, 6.07) is 31.0. The minimum Gasteiger partial charge on any atom is -0.305 e. The Morgan fingerprint density at radius 3 is 1.97 bits per heavy atom. The lowest BCUT2D eigenvalue weighted by Gasteiger charge is -2.43. The number of para-hydroxylation sites is 2. The van der Waals surface area contributed by atoms with Gasteiger partial charge in [0, 0.05) is 17.4 Å². The molecule has 0 fully saturated rings. The second-order valence-corrected chi connectivity index (χ2v) is 9.62. The summed E-state index contributed by atoms with van der Waals surface area (Å²) in [6.45, 7) is 2.00. The molecule has 0 N–H and O–H groups in total. The normalized spacial score (nSPS) is 16.8. The fourth-order valence-corrected chi connectivity index (χ4v) is 5.32.